The van der Waals surface area contributed by atoms with Crippen LogP contribution in [0.2, 0.25) is 0 Å². The lowest BCUT2D eigenvalue weighted by Gasteiger charge is -2.28. The Bertz CT molecular complexity index is 332. The molecule has 0 atom stereocenters. The molecule has 1 N–H and O–H groups in total. The third kappa shape index (κ3) is 2.12. The largest absolute Gasteiger partial charge is 0.482 e. The molecular formula is C12H15FO2. The van der Waals surface area contributed by atoms with Gasteiger partial charge in [0.25, 0.3) is 0 Å². The maximum atomic E-state index is 13.3. The first-order chi connectivity index (χ1) is 7.26. The van der Waals surface area contributed by atoms with Crippen LogP contribution >= 0.6 is 0 Å². The second-order valence-corrected chi connectivity index (χ2v) is 4.08. The van der Waals surface area contributed by atoms with Crippen LogP contribution in [0.15, 0.2) is 24.3 Å². The summed E-state index contributed by atoms with van der Waals surface area (Å²) >= 11 is 0. The Morgan fingerprint density at radius 2 is 1.93 bits per heavy atom. The molecule has 0 spiro atoms. The van der Waals surface area contributed by atoms with E-state index >= 15 is 0 Å². The van der Waals surface area contributed by atoms with Gasteiger partial charge in [-0.05, 0) is 37.8 Å². The Morgan fingerprint density at radius 3 is 2.53 bits per heavy atom. The molecule has 2 nitrogen and oxygen atoms in total. The van der Waals surface area contributed by atoms with E-state index in [-0.39, 0.29) is 18.2 Å². The third-order valence-corrected chi connectivity index (χ3v) is 2.97. The third-order valence-electron chi connectivity index (χ3n) is 2.97. The van der Waals surface area contributed by atoms with Gasteiger partial charge in [0, 0.05) is 0 Å². The molecule has 1 aliphatic rings. The van der Waals surface area contributed by atoms with Gasteiger partial charge in [-0.25, -0.2) is 4.39 Å². The molecule has 1 aromatic rings. The number of para-hydroxylation sites is 1. The number of ether oxygens (including phenoxy) is 1. The molecule has 0 aliphatic heterocycles. The molecule has 15 heavy (non-hydrogen) atoms. The number of hydrogen-bond donors (Lipinski definition) is 1. The Hall–Kier alpha value is -1.09. The Balaban J connectivity index is 2.16. The van der Waals surface area contributed by atoms with Gasteiger partial charge in [-0.1, -0.05) is 12.1 Å². The van der Waals surface area contributed by atoms with Crippen LogP contribution in [-0.4, -0.2) is 17.3 Å². The van der Waals surface area contributed by atoms with Crippen LogP contribution < -0.4 is 4.74 Å². The highest BCUT2D eigenvalue weighted by molar-refractivity contribution is 5.24. The van der Waals surface area contributed by atoms with Gasteiger partial charge in [-0.2, -0.15) is 0 Å². The lowest BCUT2D eigenvalue weighted by Crippen LogP contribution is -2.37. The van der Waals surface area contributed by atoms with Crippen LogP contribution in [0.4, 0.5) is 4.39 Å². The molecule has 0 saturated heterocycles. The molecule has 0 radical (unpaired) electrons. The molecule has 0 amide bonds. The van der Waals surface area contributed by atoms with E-state index in [1.54, 1.807) is 18.2 Å². The summed E-state index contributed by atoms with van der Waals surface area (Å²) in [4.78, 5) is 0. The van der Waals surface area contributed by atoms with Gasteiger partial charge >= 0.3 is 0 Å². The van der Waals surface area contributed by atoms with E-state index < -0.39 is 5.60 Å². The van der Waals surface area contributed by atoms with Gasteiger partial charge in [0.1, 0.15) is 5.60 Å². The zero-order valence-electron chi connectivity index (χ0n) is 8.58. The number of benzene rings is 1. The normalized spacial score (nSPS) is 19.1. The van der Waals surface area contributed by atoms with Gasteiger partial charge in [-0.15, -0.1) is 0 Å². The van der Waals surface area contributed by atoms with Crippen molar-refractivity contribution < 1.29 is 14.2 Å². The van der Waals surface area contributed by atoms with Crippen molar-refractivity contribution in [3.8, 4) is 5.75 Å². The molecule has 2 rings (SSSR count). The van der Waals surface area contributed by atoms with Crippen LogP contribution in [0, 0.1) is 5.82 Å². The zero-order valence-corrected chi connectivity index (χ0v) is 8.58. The van der Waals surface area contributed by atoms with Crippen molar-refractivity contribution in [2.24, 2.45) is 0 Å². The number of hydrogen-bond acceptors (Lipinski definition) is 2. The topological polar surface area (TPSA) is 29.5 Å². The van der Waals surface area contributed by atoms with Gasteiger partial charge < -0.3 is 9.84 Å². The van der Waals surface area contributed by atoms with E-state index in [0.717, 1.165) is 25.7 Å². The molecule has 1 saturated carbocycles. The number of halogens is 1. The molecule has 1 aromatic carbocycles. The summed E-state index contributed by atoms with van der Waals surface area (Å²) in [5, 5.41) is 9.32. The SMILES string of the molecule is OCC1(Oc2ccccc2F)CCCC1. The predicted octanol–water partition coefficient (Wildman–Crippen LogP) is 2.51. The number of aliphatic hydroxyl groups is 1. The summed E-state index contributed by atoms with van der Waals surface area (Å²) in [5.74, 6) is -0.120. The summed E-state index contributed by atoms with van der Waals surface area (Å²) < 4.78 is 19.0. The van der Waals surface area contributed by atoms with Crippen molar-refractivity contribution in [3.05, 3.63) is 30.1 Å². The van der Waals surface area contributed by atoms with Crippen molar-refractivity contribution in [2.75, 3.05) is 6.61 Å². The van der Waals surface area contributed by atoms with Crippen LogP contribution in [0.25, 0.3) is 0 Å². The minimum Gasteiger partial charge on any atom is -0.482 e. The maximum Gasteiger partial charge on any atom is 0.165 e. The summed E-state index contributed by atoms with van der Waals surface area (Å²) in [6, 6.07) is 6.33. The smallest absolute Gasteiger partial charge is 0.165 e. The predicted molar refractivity (Wildman–Crippen MR) is 55.3 cm³/mol. The van der Waals surface area contributed by atoms with Gasteiger partial charge in [0.05, 0.1) is 6.61 Å². The van der Waals surface area contributed by atoms with E-state index in [9.17, 15) is 9.50 Å². The standard InChI is InChI=1S/C12H15FO2/c13-10-5-1-2-6-11(10)15-12(9-14)7-3-4-8-12/h1-2,5-6,14H,3-4,7-9H2. The van der Waals surface area contributed by atoms with E-state index in [1.165, 1.54) is 6.07 Å². The lowest BCUT2D eigenvalue weighted by atomic mass is 10.0. The van der Waals surface area contributed by atoms with Crippen molar-refractivity contribution in [2.45, 2.75) is 31.3 Å². The fourth-order valence-electron chi connectivity index (χ4n) is 2.07. The van der Waals surface area contributed by atoms with Crippen molar-refractivity contribution in [3.63, 3.8) is 0 Å². The number of rotatable bonds is 3. The van der Waals surface area contributed by atoms with Crippen molar-refractivity contribution in [1.29, 1.82) is 0 Å². The molecule has 1 fully saturated rings. The molecule has 0 heterocycles. The van der Waals surface area contributed by atoms with Gasteiger partial charge in [-0.3, -0.25) is 0 Å². The second kappa shape index (κ2) is 4.19. The van der Waals surface area contributed by atoms with Crippen LogP contribution in [-0.2, 0) is 0 Å². The highest BCUT2D eigenvalue weighted by Gasteiger charge is 2.35. The van der Waals surface area contributed by atoms with E-state index in [2.05, 4.69) is 0 Å². The monoisotopic (exact) mass is 210 g/mol. The molecule has 82 valence electrons. The zero-order chi connectivity index (χ0) is 10.7. The first kappa shape index (κ1) is 10.4. The number of aliphatic hydroxyl groups excluding tert-OH is 1. The minimum absolute atomic E-state index is 0.0403. The second-order valence-electron chi connectivity index (χ2n) is 4.08. The first-order valence-corrected chi connectivity index (χ1v) is 5.30. The van der Waals surface area contributed by atoms with Gasteiger partial charge in [0.15, 0.2) is 11.6 Å². The lowest BCUT2D eigenvalue weighted by molar-refractivity contribution is 0.0122. The maximum absolute atomic E-state index is 13.3. The minimum atomic E-state index is -0.553. The van der Waals surface area contributed by atoms with Crippen molar-refractivity contribution in [1.82, 2.24) is 0 Å². The average molecular weight is 210 g/mol. The summed E-state index contributed by atoms with van der Waals surface area (Å²) in [7, 11) is 0. The summed E-state index contributed by atoms with van der Waals surface area (Å²) in [5.41, 5.74) is -0.553. The van der Waals surface area contributed by atoms with Crippen LogP contribution in [0.1, 0.15) is 25.7 Å². The fourth-order valence-corrected chi connectivity index (χ4v) is 2.07. The summed E-state index contributed by atoms with van der Waals surface area (Å²) in [6.45, 7) is -0.0403. The Labute approximate surface area is 88.7 Å². The molecular weight excluding hydrogens is 195 g/mol. The highest BCUT2D eigenvalue weighted by Crippen LogP contribution is 2.34. The van der Waals surface area contributed by atoms with Gasteiger partial charge in [0.2, 0.25) is 0 Å². The van der Waals surface area contributed by atoms with Crippen molar-refractivity contribution >= 4 is 0 Å². The van der Waals surface area contributed by atoms with E-state index in [4.69, 9.17) is 4.74 Å². The molecule has 0 aromatic heterocycles. The fraction of sp³-hybridized carbons (Fsp3) is 0.500. The molecule has 0 bridgehead atoms. The molecule has 0 unspecified atom stereocenters. The van der Waals surface area contributed by atoms with Crippen LogP contribution in [0.5, 0.6) is 5.75 Å². The Morgan fingerprint density at radius 1 is 1.27 bits per heavy atom. The highest BCUT2D eigenvalue weighted by atomic mass is 19.1. The molecule has 3 heteroatoms. The van der Waals surface area contributed by atoms with E-state index in [1.807, 2.05) is 0 Å². The average Bonchev–Trinajstić information content (AvgIpc) is 2.71. The quantitative estimate of drug-likeness (QED) is 0.830. The first-order valence-electron chi connectivity index (χ1n) is 5.30. The van der Waals surface area contributed by atoms with Crippen LogP contribution in [0.3, 0.4) is 0 Å². The van der Waals surface area contributed by atoms with E-state index in [0.29, 0.717) is 0 Å². The Kier molecular flexibility index (Phi) is 2.91. The molecule has 1 aliphatic carbocycles. The summed E-state index contributed by atoms with van der Waals surface area (Å²) in [6.07, 6.45) is 3.68.